The van der Waals surface area contributed by atoms with E-state index in [9.17, 15) is 9.90 Å². The van der Waals surface area contributed by atoms with Crippen LogP contribution in [0.2, 0.25) is 5.28 Å². The zero-order valence-electron chi connectivity index (χ0n) is 13.1. The molecule has 0 aromatic carbocycles. The maximum absolute atomic E-state index is 12.9. The zero-order chi connectivity index (χ0) is 16.3. The quantitative estimate of drug-likeness (QED) is 0.773. The molecule has 1 saturated heterocycles. The number of aliphatic hydroxyl groups is 1. The van der Waals surface area contributed by atoms with Gasteiger partial charge in [0.15, 0.2) is 5.82 Å². The molecule has 120 valence electrons. The van der Waals surface area contributed by atoms with E-state index in [2.05, 4.69) is 9.97 Å². The lowest BCUT2D eigenvalue weighted by Crippen LogP contribution is -2.62. The molecule has 22 heavy (non-hydrogen) atoms. The highest BCUT2D eigenvalue weighted by molar-refractivity contribution is 6.28. The first kappa shape index (κ1) is 15.5. The van der Waals surface area contributed by atoms with E-state index < -0.39 is 11.1 Å². The van der Waals surface area contributed by atoms with Crippen LogP contribution in [0.1, 0.15) is 26.0 Å². The summed E-state index contributed by atoms with van der Waals surface area (Å²) in [5, 5.41) is 10.4. The van der Waals surface area contributed by atoms with E-state index in [-0.39, 0.29) is 11.2 Å². The fourth-order valence-electron chi connectivity index (χ4n) is 3.13. The van der Waals surface area contributed by atoms with Crippen molar-refractivity contribution in [2.45, 2.75) is 31.4 Å². The molecular weight excluding hydrogens is 308 g/mol. The summed E-state index contributed by atoms with van der Waals surface area (Å²) in [6.07, 6.45) is 0.589. The SMILES string of the molecule is CN1C(=O)C2(CCOC2)N(C)c2nc(Cl)nc(C(C)(C)O)c21. The van der Waals surface area contributed by atoms with E-state index in [1.807, 2.05) is 0 Å². The van der Waals surface area contributed by atoms with Crippen LogP contribution in [0, 0.1) is 0 Å². The van der Waals surface area contributed by atoms with Crippen molar-refractivity contribution < 1.29 is 14.6 Å². The largest absolute Gasteiger partial charge is 0.384 e. The monoisotopic (exact) mass is 326 g/mol. The number of nitrogens with zero attached hydrogens (tertiary/aromatic N) is 4. The van der Waals surface area contributed by atoms with Gasteiger partial charge in [-0.1, -0.05) is 0 Å². The molecule has 1 fully saturated rings. The fraction of sp³-hybridized carbons (Fsp3) is 0.643. The zero-order valence-corrected chi connectivity index (χ0v) is 13.8. The molecule has 0 bridgehead atoms. The highest BCUT2D eigenvalue weighted by atomic mass is 35.5. The van der Waals surface area contributed by atoms with Crippen molar-refractivity contribution in [3.05, 3.63) is 11.0 Å². The predicted octanol–water partition coefficient (Wildman–Crippen LogP) is 0.929. The van der Waals surface area contributed by atoms with Gasteiger partial charge in [0.1, 0.15) is 22.5 Å². The van der Waals surface area contributed by atoms with Crippen molar-refractivity contribution >= 4 is 29.0 Å². The number of carbonyl (C=O) groups is 1. The van der Waals surface area contributed by atoms with Gasteiger partial charge in [0.2, 0.25) is 5.28 Å². The van der Waals surface area contributed by atoms with Crippen LogP contribution in [-0.4, -0.2) is 53.8 Å². The number of likely N-dealkylation sites (N-methyl/N-ethyl adjacent to an activating group) is 2. The van der Waals surface area contributed by atoms with Crippen molar-refractivity contribution in [3.63, 3.8) is 0 Å². The molecule has 3 rings (SSSR count). The van der Waals surface area contributed by atoms with Crippen LogP contribution >= 0.6 is 11.6 Å². The third-order valence-corrected chi connectivity index (χ3v) is 4.59. The Balaban J connectivity index is 2.26. The molecule has 1 spiro atoms. The molecule has 0 radical (unpaired) electrons. The number of hydrogen-bond donors (Lipinski definition) is 1. The van der Waals surface area contributed by atoms with E-state index in [0.717, 1.165) is 0 Å². The number of amides is 1. The lowest BCUT2D eigenvalue weighted by atomic mass is 9.90. The van der Waals surface area contributed by atoms with Crippen molar-refractivity contribution in [1.82, 2.24) is 9.97 Å². The van der Waals surface area contributed by atoms with Crippen molar-refractivity contribution in [2.24, 2.45) is 0 Å². The first-order valence-corrected chi connectivity index (χ1v) is 7.46. The summed E-state index contributed by atoms with van der Waals surface area (Å²) < 4.78 is 5.45. The van der Waals surface area contributed by atoms with Crippen LogP contribution in [0.15, 0.2) is 0 Å². The maximum atomic E-state index is 12.9. The fourth-order valence-corrected chi connectivity index (χ4v) is 3.30. The number of ether oxygens (including phenoxy) is 1. The second-order valence-corrected chi connectivity index (χ2v) is 6.67. The Hall–Kier alpha value is -1.44. The molecule has 2 aliphatic rings. The molecule has 1 unspecified atom stereocenters. The first-order valence-electron chi connectivity index (χ1n) is 7.08. The van der Waals surface area contributed by atoms with Gasteiger partial charge in [0, 0.05) is 27.1 Å². The van der Waals surface area contributed by atoms with Gasteiger partial charge in [-0.3, -0.25) is 4.79 Å². The Morgan fingerprint density at radius 1 is 1.36 bits per heavy atom. The summed E-state index contributed by atoms with van der Waals surface area (Å²) in [6.45, 7) is 4.04. The van der Waals surface area contributed by atoms with Crippen LogP contribution in [0.25, 0.3) is 0 Å². The normalized spacial score (nSPS) is 25.1. The van der Waals surface area contributed by atoms with E-state index >= 15 is 0 Å². The highest BCUT2D eigenvalue weighted by Gasteiger charge is 2.53. The van der Waals surface area contributed by atoms with E-state index in [1.165, 1.54) is 4.90 Å². The molecule has 1 N–H and O–H groups in total. The number of aromatic nitrogens is 2. The standard InChI is InChI=1S/C14H19ClN4O3/c1-13(2,21)9-8-10(17-12(15)16-9)19(4)14(5-6-22-7-14)11(20)18(8)3/h21H,5-7H2,1-4H3. The average Bonchev–Trinajstić information content (AvgIpc) is 2.92. The van der Waals surface area contributed by atoms with Gasteiger partial charge < -0.3 is 19.6 Å². The number of anilines is 2. The summed E-state index contributed by atoms with van der Waals surface area (Å²) in [5.74, 6) is 0.446. The third kappa shape index (κ3) is 2.00. The van der Waals surface area contributed by atoms with Gasteiger partial charge in [-0.2, -0.15) is 4.98 Å². The van der Waals surface area contributed by atoms with E-state index in [0.29, 0.717) is 36.8 Å². The van der Waals surface area contributed by atoms with Crippen LogP contribution in [-0.2, 0) is 15.1 Å². The smallest absolute Gasteiger partial charge is 0.255 e. The summed E-state index contributed by atoms with van der Waals surface area (Å²) in [5.41, 5.74) is -1.19. The van der Waals surface area contributed by atoms with Gasteiger partial charge in [-0.15, -0.1) is 0 Å². The van der Waals surface area contributed by atoms with Crippen LogP contribution in [0.4, 0.5) is 11.5 Å². The van der Waals surface area contributed by atoms with Gasteiger partial charge in [-0.25, -0.2) is 4.98 Å². The van der Waals surface area contributed by atoms with Crippen molar-refractivity contribution in [2.75, 3.05) is 37.1 Å². The molecule has 1 amide bonds. The molecule has 1 aromatic rings. The Labute approximate surface area is 133 Å². The molecule has 2 aliphatic heterocycles. The molecule has 8 heteroatoms. The topological polar surface area (TPSA) is 78.8 Å². The maximum Gasteiger partial charge on any atom is 0.255 e. The van der Waals surface area contributed by atoms with Crippen molar-refractivity contribution in [3.8, 4) is 0 Å². The van der Waals surface area contributed by atoms with Gasteiger partial charge >= 0.3 is 0 Å². The summed E-state index contributed by atoms with van der Waals surface area (Å²) in [7, 11) is 3.47. The van der Waals surface area contributed by atoms with E-state index in [4.69, 9.17) is 16.3 Å². The second kappa shape index (κ2) is 4.78. The van der Waals surface area contributed by atoms with Gasteiger partial charge in [0.05, 0.1) is 6.61 Å². The lowest BCUT2D eigenvalue weighted by molar-refractivity contribution is -0.123. The molecule has 7 nitrogen and oxygen atoms in total. The lowest BCUT2D eigenvalue weighted by Gasteiger charge is -2.46. The minimum atomic E-state index is -1.25. The Morgan fingerprint density at radius 2 is 2.05 bits per heavy atom. The highest BCUT2D eigenvalue weighted by Crippen LogP contribution is 2.45. The molecular formula is C14H19ClN4O3. The Bertz CT molecular complexity index is 638. The van der Waals surface area contributed by atoms with Crippen LogP contribution in [0.5, 0.6) is 0 Å². The number of rotatable bonds is 1. The number of hydrogen-bond acceptors (Lipinski definition) is 6. The second-order valence-electron chi connectivity index (χ2n) is 6.33. The minimum Gasteiger partial charge on any atom is -0.384 e. The third-order valence-electron chi connectivity index (χ3n) is 4.42. The van der Waals surface area contributed by atoms with E-state index in [1.54, 1.807) is 32.8 Å². The Kier molecular flexibility index (Phi) is 3.36. The molecule has 0 saturated carbocycles. The van der Waals surface area contributed by atoms with Crippen LogP contribution < -0.4 is 9.80 Å². The molecule has 0 aliphatic carbocycles. The summed E-state index contributed by atoms with van der Waals surface area (Å²) >= 11 is 6.04. The Morgan fingerprint density at radius 3 is 2.59 bits per heavy atom. The number of fused-ring (bicyclic) bond motifs is 1. The van der Waals surface area contributed by atoms with Crippen LogP contribution in [0.3, 0.4) is 0 Å². The molecule has 1 aromatic heterocycles. The summed E-state index contributed by atoms with van der Waals surface area (Å²) in [6, 6.07) is 0. The number of carbonyl (C=O) groups excluding carboxylic acids is 1. The molecule has 3 heterocycles. The van der Waals surface area contributed by atoms with Gasteiger partial charge in [-0.05, 0) is 25.4 Å². The number of halogens is 1. The first-order chi connectivity index (χ1) is 10.2. The summed E-state index contributed by atoms with van der Waals surface area (Å²) in [4.78, 5) is 24.7. The predicted molar refractivity (Wildman–Crippen MR) is 82.3 cm³/mol. The average molecular weight is 327 g/mol. The van der Waals surface area contributed by atoms with Gasteiger partial charge in [0.25, 0.3) is 5.91 Å². The van der Waals surface area contributed by atoms with Crippen molar-refractivity contribution in [1.29, 1.82) is 0 Å². The molecule has 1 atom stereocenters. The minimum absolute atomic E-state index is 0.0412.